The lowest BCUT2D eigenvalue weighted by Crippen LogP contribution is -2.22. The molecule has 2 N–H and O–H groups in total. The fourth-order valence-corrected chi connectivity index (χ4v) is 2.30. The van der Waals surface area contributed by atoms with E-state index in [1.54, 1.807) is 12.1 Å². The normalized spacial score (nSPS) is 10.6. The van der Waals surface area contributed by atoms with E-state index in [0.29, 0.717) is 12.1 Å². The van der Waals surface area contributed by atoms with E-state index in [-0.39, 0.29) is 5.91 Å². The van der Waals surface area contributed by atoms with Crippen molar-refractivity contribution in [2.45, 2.75) is 6.54 Å². The highest BCUT2D eigenvalue weighted by Gasteiger charge is 2.07. The van der Waals surface area contributed by atoms with Crippen LogP contribution in [0.1, 0.15) is 20.8 Å². The molecule has 0 aromatic carbocycles. The predicted molar refractivity (Wildman–Crippen MR) is 74.2 cm³/mol. The highest BCUT2D eigenvalue weighted by Crippen LogP contribution is 2.18. The quantitative estimate of drug-likeness (QED) is 0.815. The highest BCUT2D eigenvalue weighted by atomic mass is 32.1. The Kier molecular flexibility index (Phi) is 4.56. The first kappa shape index (κ1) is 13.9. The van der Waals surface area contributed by atoms with Crippen molar-refractivity contribution in [1.82, 2.24) is 15.5 Å². The molecule has 2 aromatic rings. The third-order valence-corrected chi connectivity index (χ3v) is 3.38. The van der Waals surface area contributed by atoms with E-state index in [1.807, 2.05) is 5.38 Å². The SMILES string of the molecule is O=C(O)/C=C/c1ccsc1CNC(=O)c1ccnnc1. The van der Waals surface area contributed by atoms with Crippen LogP contribution in [0.4, 0.5) is 0 Å². The molecular formula is C13H11N3O3S. The molecule has 2 aromatic heterocycles. The van der Waals surface area contributed by atoms with Crippen LogP contribution in [-0.2, 0) is 11.3 Å². The van der Waals surface area contributed by atoms with Gasteiger partial charge in [-0.15, -0.1) is 11.3 Å². The number of nitrogens with zero attached hydrogens (tertiary/aromatic N) is 2. The maximum absolute atomic E-state index is 11.8. The van der Waals surface area contributed by atoms with E-state index in [4.69, 9.17) is 5.11 Å². The smallest absolute Gasteiger partial charge is 0.328 e. The van der Waals surface area contributed by atoms with Gasteiger partial charge in [0.25, 0.3) is 5.91 Å². The summed E-state index contributed by atoms with van der Waals surface area (Å²) in [5, 5.41) is 20.4. The van der Waals surface area contributed by atoms with Crippen molar-refractivity contribution in [3.05, 3.63) is 52.0 Å². The number of aromatic nitrogens is 2. The van der Waals surface area contributed by atoms with E-state index < -0.39 is 5.97 Å². The number of amides is 1. The van der Waals surface area contributed by atoms with E-state index >= 15 is 0 Å². The number of nitrogens with one attached hydrogen (secondary N) is 1. The van der Waals surface area contributed by atoms with Crippen molar-refractivity contribution in [2.24, 2.45) is 0 Å². The largest absolute Gasteiger partial charge is 0.478 e. The minimum atomic E-state index is -1.01. The van der Waals surface area contributed by atoms with Crippen LogP contribution >= 0.6 is 11.3 Å². The Bertz CT molecular complexity index is 637. The Morgan fingerprint density at radius 1 is 1.35 bits per heavy atom. The molecule has 0 unspecified atom stereocenters. The minimum Gasteiger partial charge on any atom is -0.478 e. The van der Waals surface area contributed by atoms with E-state index in [0.717, 1.165) is 16.5 Å². The highest BCUT2D eigenvalue weighted by molar-refractivity contribution is 7.10. The van der Waals surface area contributed by atoms with Crippen LogP contribution in [0.3, 0.4) is 0 Å². The number of hydrogen-bond acceptors (Lipinski definition) is 5. The van der Waals surface area contributed by atoms with Gasteiger partial charge in [0.05, 0.1) is 24.5 Å². The standard InChI is InChI=1S/C13H11N3O3S/c17-12(18)2-1-9-4-6-20-11(9)8-14-13(19)10-3-5-15-16-7-10/h1-7H,8H2,(H,14,19)(H,17,18)/b2-1+. The van der Waals surface area contributed by atoms with Crippen LogP contribution < -0.4 is 5.32 Å². The molecule has 20 heavy (non-hydrogen) atoms. The molecule has 6 nitrogen and oxygen atoms in total. The van der Waals surface area contributed by atoms with Crippen molar-refractivity contribution in [1.29, 1.82) is 0 Å². The Balaban J connectivity index is 2.00. The molecule has 0 aliphatic heterocycles. The van der Waals surface area contributed by atoms with Crippen molar-refractivity contribution in [3.8, 4) is 0 Å². The topological polar surface area (TPSA) is 92.2 Å². The average Bonchev–Trinajstić information content (AvgIpc) is 2.91. The second-order valence-corrected chi connectivity index (χ2v) is 4.79. The van der Waals surface area contributed by atoms with Gasteiger partial charge >= 0.3 is 5.97 Å². The van der Waals surface area contributed by atoms with Crippen molar-refractivity contribution in [3.63, 3.8) is 0 Å². The van der Waals surface area contributed by atoms with Crippen molar-refractivity contribution >= 4 is 29.3 Å². The molecule has 0 atom stereocenters. The summed E-state index contributed by atoms with van der Waals surface area (Å²) in [6, 6.07) is 3.38. The zero-order chi connectivity index (χ0) is 14.4. The summed E-state index contributed by atoms with van der Waals surface area (Å²) in [5.74, 6) is -1.25. The van der Waals surface area contributed by atoms with Gasteiger partial charge in [0.1, 0.15) is 0 Å². The van der Waals surface area contributed by atoms with Gasteiger partial charge in [0.15, 0.2) is 0 Å². The Morgan fingerprint density at radius 2 is 2.20 bits per heavy atom. The van der Waals surface area contributed by atoms with Crippen LogP contribution in [-0.4, -0.2) is 27.2 Å². The first-order valence-electron chi connectivity index (χ1n) is 5.69. The van der Waals surface area contributed by atoms with Gasteiger partial charge in [-0.1, -0.05) is 0 Å². The molecule has 0 spiro atoms. The fourth-order valence-electron chi connectivity index (χ4n) is 1.49. The Labute approximate surface area is 118 Å². The first-order chi connectivity index (χ1) is 9.66. The van der Waals surface area contributed by atoms with E-state index in [9.17, 15) is 9.59 Å². The summed E-state index contributed by atoms with van der Waals surface area (Å²) in [4.78, 5) is 23.2. The molecule has 0 saturated heterocycles. The Hall–Kier alpha value is -2.54. The van der Waals surface area contributed by atoms with Crippen LogP contribution in [0, 0.1) is 0 Å². The molecule has 0 aliphatic carbocycles. The number of carboxylic acid groups (broad SMARTS) is 1. The lowest BCUT2D eigenvalue weighted by atomic mass is 10.2. The van der Waals surface area contributed by atoms with Gasteiger partial charge in [0.2, 0.25) is 0 Å². The third-order valence-electron chi connectivity index (χ3n) is 2.44. The molecule has 1 amide bonds. The number of carbonyl (C=O) groups is 2. The maximum atomic E-state index is 11.8. The number of hydrogen-bond donors (Lipinski definition) is 2. The van der Waals surface area contributed by atoms with Crippen molar-refractivity contribution < 1.29 is 14.7 Å². The predicted octanol–water partition coefficient (Wildman–Crippen LogP) is 1.57. The molecular weight excluding hydrogens is 278 g/mol. The van der Waals surface area contributed by atoms with Crippen molar-refractivity contribution in [2.75, 3.05) is 0 Å². The van der Waals surface area contributed by atoms with Gasteiger partial charge in [-0.05, 0) is 29.2 Å². The molecule has 102 valence electrons. The van der Waals surface area contributed by atoms with Gasteiger partial charge < -0.3 is 10.4 Å². The zero-order valence-corrected chi connectivity index (χ0v) is 11.1. The number of thiophene rings is 1. The monoisotopic (exact) mass is 289 g/mol. The number of rotatable bonds is 5. The molecule has 2 rings (SSSR count). The average molecular weight is 289 g/mol. The third kappa shape index (κ3) is 3.72. The van der Waals surface area contributed by atoms with Gasteiger partial charge in [-0.2, -0.15) is 10.2 Å². The molecule has 0 radical (unpaired) electrons. The number of carbonyl (C=O) groups excluding carboxylic acids is 1. The van der Waals surface area contributed by atoms with E-state index in [1.165, 1.54) is 29.8 Å². The summed E-state index contributed by atoms with van der Waals surface area (Å²) >= 11 is 1.45. The number of carboxylic acids is 1. The van der Waals surface area contributed by atoms with Gasteiger partial charge in [0, 0.05) is 11.0 Å². The fraction of sp³-hybridized carbons (Fsp3) is 0.0769. The first-order valence-corrected chi connectivity index (χ1v) is 6.57. The minimum absolute atomic E-state index is 0.249. The summed E-state index contributed by atoms with van der Waals surface area (Å²) in [6.07, 6.45) is 5.41. The van der Waals surface area contributed by atoms with Crippen LogP contribution in [0.25, 0.3) is 6.08 Å². The Morgan fingerprint density at radius 3 is 2.90 bits per heavy atom. The van der Waals surface area contributed by atoms with Crippen LogP contribution in [0.15, 0.2) is 36.0 Å². The second kappa shape index (κ2) is 6.58. The number of aliphatic carboxylic acids is 1. The summed E-state index contributed by atoms with van der Waals surface area (Å²) < 4.78 is 0. The van der Waals surface area contributed by atoms with Gasteiger partial charge in [-0.3, -0.25) is 4.79 Å². The maximum Gasteiger partial charge on any atom is 0.328 e. The molecule has 0 saturated carbocycles. The van der Waals surface area contributed by atoms with Crippen LogP contribution in [0.2, 0.25) is 0 Å². The molecule has 0 aliphatic rings. The van der Waals surface area contributed by atoms with Crippen LogP contribution in [0.5, 0.6) is 0 Å². The molecule has 7 heteroatoms. The van der Waals surface area contributed by atoms with E-state index in [2.05, 4.69) is 15.5 Å². The summed E-state index contributed by atoms with van der Waals surface area (Å²) in [5.41, 5.74) is 1.21. The molecule has 0 fully saturated rings. The van der Waals surface area contributed by atoms with Gasteiger partial charge in [-0.25, -0.2) is 4.79 Å². The lowest BCUT2D eigenvalue weighted by molar-refractivity contribution is -0.131. The second-order valence-electron chi connectivity index (χ2n) is 3.78. The lowest BCUT2D eigenvalue weighted by Gasteiger charge is -2.04. The summed E-state index contributed by atoms with van der Waals surface area (Å²) in [7, 11) is 0. The summed E-state index contributed by atoms with van der Waals surface area (Å²) in [6.45, 7) is 0.331. The molecule has 2 heterocycles. The molecule has 0 bridgehead atoms. The zero-order valence-electron chi connectivity index (χ0n) is 10.3.